The first-order valence-electron chi connectivity index (χ1n) is 9.37. The van der Waals surface area contributed by atoms with E-state index in [2.05, 4.69) is 12.1 Å². The fourth-order valence-electron chi connectivity index (χ4n) is 4.85. The summed E-state index contributed by atoms with van der Waals surface area (Å²) in [5, 5.41) is 0. The molecule has 2 aliphatic carbocycles. The zero-order chi connectivity index (χ0) is 16.5. The van der Waals surface area contributed by atoms with Gasteiger partial charge < -0.3 is 9.47 Å². The number of allylic oxidation sites excluding steroid dienone is 1. The van der Waals surface area contributed by atoms with Crippen LogP contribution in [0.1, 0.15) is 63.5 Å². The summed E-state index contributed by atoms with van der Waals surface area (Å²) in [7, 11) is 0. The summed E-state index contributed by atoms with van der Waals surface area (Å²) in [5.41, 5.74) is 2.66. The summed E-state index contributed by atoms with van der Waals surface area (Å²) in [4.78, 5) is 11.5. The number of carbonyl (C=O) groups excluding carboxylic acids is 1. The van der Waals surface area contributed by atoms with Crippen molar-refractivity contribution in [1.29, 1.82) is 0 Å². The van der Waals surface area contributed by atoms with Crippen LogP contribution in [0, 0.1) is 11.8 Å². The van der Waals surface area contributed by atoms with E-state index in [9.17, 15) is 4.79 Å². The van der Waals surface area contributed by atoms with Crippen LogP contribution in [0.3, 0.4) is 0 Å². The van der Waals surface area contributed by atoms with Gasteiger partial charge >= 0.3 is 5.97 Å². The van der Waals surface area contributed by atoms with Gasteiger partial charge in [-0.25, -0.2) is 0 Å². The summed E-state index contributed by atoms with van der Waals surface area (Å²) in [5.74, 6) is 1.44. The van der Waals surface area contributed by atoms with E-state index in [1.54, 1.807) is 5.57 Å². The van der Waals surface area contributed by atoms with Gasteiger partial charge in [0.25, 0.3) is 0 Å². The van der Waals surface area contributed by atoms with Crippen LogP contribution in [0.2, 0.25) is 0 Å². The smallest absolute Gasteiger partial charge is 0.308 e. The molecule has 1 aromatic carbocycles. The highest BCUT2D eigenvalue weighted by Gasteiger charge is 2.44. The molecule has 1 heterocycles. The minimum Gasteiger partial charge on any atom is -0.426 e. The molecule has 0 spiro atoms. The van der Waals surface area contributed by atoms with E-state index in [0.717, 1.165) is 12.0 Å². The number of hydrogen-bond donors (Lipinski definition) is 0. The third-order valence-corrected chi connectivity index (χ3v) is 5.82. The van der Waals surface area contributed by atoms with Crippen molar-refractivity contribution in [2.75, 3.05) is 0 Å². The lowest BCUT2D eigenvalue weighted by atomic mass is 9.68. The largest absolute Gasteiger partial charge is 0.426 e. The molecule has 2 fully saturated rings. The molecule has 1 aliphatic heterocycles. The van der Waals surface area contributed by atoms with Gasteiger partial charge in [-0.1, -0.05) is 42.7 Å². The van der Waals surface area contributed by atoms with Crippen LogP contribution in [-0.2, 0) is 9.53 Å². The SMILES string of the molecule is CC(=O)Oc1ccccc1[C@H]1O[C@H]2CCCC[C@@H]2C2=CCCC[C@H]21. The molecule has 3 nitrogen and oxygen atoms in total. The van der Waals surface area contributed by atoms with Crippen molar-refractivity contribution in [3.05, 3.63) is 41.5 Å². The molecule has 0 radical (unpaired) electrons. The predicted octanol–water partition coefficient (Wildman–Crippen LogP) is 4.97. The Morgan fingerprint density at radius 1 is 1.08 bits per heavy atom. The number of para-hydroxylation sites is 1. The first-order chi connectivity index (χ1) is 11.7. The quantitative estimate of drug-likeness (QED) is 0.437. The van der Waals surface area contributed by atoms with E-state index >= 15 is 0 Å². The zero-order valence-corrected chi connectivity index (χ0v) is 14.4. The van der Waals surface area contributed by atoms with Crippen LogP contribution < -0.4 is 4.74 Å². The van der Waals surface area contributed by atoms with Crippen molar-refractivity contribution in [2.45, 2.75) is 64.1 Å². The lowest BCUT2D eigenvalue weighted by molar-refractivity contribution is -0.132. The van der Waals surface area contributed by atoms with E-state index in [0.29, 0.717) is 23.7 Å². The molecule has 1 aromatic rings. The molecule has 0 aromatic heterocycles. The number of hydrogen-bond acceptors (Lipinski definition) is 3. The molecule has 0 bridgehead atoms. The van der Waals surface area contributed by atoms with Crippen molar-refractivity contribution in [3.8, 4) is 5.75 Å². The Labute approximate surface area is 144 Å². The van der Waals surface area contributed by atoms with E-state index in [4.69, 9.17) is 9.47 Å². The minimum atomic E-state index is -0.270. The van der Waals surface area contributed by atoms with Crippen LogP contribution in [0.15, 0.2) is 35.9 Å². The van der Waals surface area contributed by atoms with Gasteiger partial charge in [-0.2, -0.15) is 0 Å². The number of esters is 1. The molecule has 3 aliphatic rings. The molecular formula is C21H26O3. The summed E-state index contributed by atoms with van der Waals surface area (Å²) in [6.07, 6.45) is 11.4. The van der Waals surface area contributed by atoms with Gasteiger partial charge in [0.05, 0.1) is 12.2 Å². The molecular weight excluding hydrogens is 300 g/mol. The number of ether oxygens (including phenoxy) is 2. The number of carbonyl (C=O) groups is 1. The third-order valence-electron chi connectivity index (χ3n) is 5.82. The topological polar surface area (TPSA) is 35.5 Å². The lowest BCUT2D eigenvalue weighted by Crippen LogP contribution is -2.41. The van der Waals surface area contributed by atoms with Gasteiger partial charge in [-0.15, -0.1) is 0 Å². The van der Waals surface area contributed by atoms with Crippen molar-refractivity contribution >= 4 is 5.97 Å². The minimum absolute atomic E-state index is 0.0199. The molecule has 0 amide bonds. The standard InChI is InChI=1S/C21H26O3/c1-14(22)23-20-13-7-5-11-18(20)21-17-10-3-2-8-15(17)16-9-4-6-12-19(16)24-21/h5,7-8,11,13,16-17,19,21H,2-4,6,9-10,12H2,1H3/t16-,17-,19+,21+/m1/s1. The average Bonchev–Trinajstić information content (AvgIpc) is 2.61. The lowest BCUT2D eigenvalue weighted by Gasteiger charge is -2.47. The Morgan fingerprint density at radius 2 is 1.88 bits per heavy atom. The maximum Gasteiger partial charge on any atom is 0.308 e. The zero-order valence-electron chi connectivity index (χ0n) is 14.4. The first-order valence-corrected chi connectivity index (χ1v) is 9.37. The second-order valence-electron chi connectivity index (χ2n) is 7.36. The second-order valence-corrected chi connectivity index (χ2v) is 7.36. The molecule has 0 N–H and O–H groups in total. The highest BCUT2D eigenvalue weighted by atomic mass is 16.5. The van der Waals surface area contributed by atoms with Crippen molar-refractivity contribution in [3.63, 3.8) is 0 Å². The Balaban J connectivity index is 1.71. The predicted molar refractivity (Wildman–Crippen MR) is 92.7 cm³/mol. The Kier molecular flexibility index (Phi) is 4.45. The maximum absolute atomic E-state index is 11.5. The fourth-order valence-corrected chi connectivity index (χ4v) is 4.85. The van der Waals surface area contributed by atoms with Crippen molar-refractivity contribution in [1.82, 2.24) is 0 Å². The second kappa shape index (κ2) is 6.72. The summed E-state index contributed by atoms with van der Waals surface area (Å²) in [6.45, 7) is 1.46. The van der Waals surface area contributed by atoms with Gasteiger partial charge in [0.2, 0.25) is 0 Å². The van der Waals surface area contributed by atoms with Gasteiger partial charge in [0.15, 0.2) is 0 Å². The number of benzene rings is 1. The van der Waals surface area contributed by atoms with Crippen LogP contribution >= 0.6 is 0 Å². The molecule has 1 saturated carbocycles. The van der Waals surface area contributed by atoms with Gasteiger partial charge in [-0.3, -0.25) is 4.79 Å². The van der Waals surface area contributed by atoms with Crippen LogP contribution in [0.5, 0.6) is 5.75 Å². The fraction of sp³-hybridized carbons (Fsp3) is 0.571. The maximum atomic E-state index is 11.5. The third kappa shape index (κ3) is 2.90. The average molecular weight is 326 g/mol. The van der Waals surface area contributed by atoms with Crippen LogP contribution in [-0.4, -0.2) is 12.1 Å². The Hall–Kier alpha value is -1.61. The molecule has 24 heavy (non-hydrogen) atoms. The summed E-state index contributed by atoms with van der Waals surface area (Å²) in [6, 6.07) is 7.90. The molecule has 0 unspecified atom stereocenters. The van der Waals surface area contributed by atoms with Crippen LogP contribution in [0.4, 0.5) is 0 Å². The van der Waals surface area contributed by atoms with Gasteiger partial charge in [0.1, 0.15) is 5.75 Å². The van der Waals surface area contributed by atoms with Gasteiger partial charge in [-0.05, 0) is 38.2 Å². The Morgan fingerprint density at radius 3 is 2.75 bits per heavy atom. The molecule has 1 saturated heterocycles. The number of rotatable bonds is 2. The molecule has 128 valence electrons. The normalized spacial score (nSPS) is 32.3. The first kappa shape index (κ1) is 15.9. The van der Waals surface area contributed by atoms with E-state index in [-0.39, 0.29) is 12.1 Å². The molecule has 4 atom stereocenters. The van der Waals surface area contributed by atoms with Crippen molar-refractivity contribution < 1.29 is 14.3 Å². The highest BCUT2D eigenvalue weighted by Crippen LogP contribution is 2.52. The Bertz CT molecular complexity index is 648. The van der Waals surface area contributed by atoms with Crippen molar-refractivity contribution in [2.24, 2.45) is 11.8 Å². The molecule has 3 heteroatoms. The monoisotopic (exact) mass is 326 g/mol. The summed E-state index contributed by atoms with van der Waals surface area (Å²) < 4.78 is 12.1. The molecule has 4 rings (SSSR count). The van der Waals surface area contributed by atoms with E-state index < -0.39 is 0 Å². The van der Waals surface area contributed by atoms with Gasteiger partial charge in [0, 0.05) is 24.3 Å². The van der Waals surface area contributed by atoms with E-state index in [1.165, 1.54) is 45.4 Å². The highest BCUT2D eigenvalue weighted by molar-refractivity contribution is 5.69. The number of fused-ring (bicyclic) bond motifs is 3. The van der Waals surface area contributed by atoms with Crippen LogP contribution in [0.25, 0.3) is 0 Å². The van der Waals surface area contributed by atoms with E-state index in [1.807, 2.05) is 18.2 Å². The summed E-state index contributed by atoms with van der Waals surface area (Å²) >= 11 is 0.